The number of hydrogen-bond acceptors (Lipinski definition) is 3. The summed E-state index contributed by atoms with van der Waals surface area (Å²) in [5, 5.41) is 0. The van der Waals surface area contributed by atoms with E-state index in [9.17, 15) is 4.79 Å². The topological polar surface area (TPSA) is 35.5 Å². The summed E-state index contributed by atoms with van der Waals surface area (Å²) < 4.78 is 10.8. The van der Waals surface area contributed by atoms with Gasteiger partial charge >= 0.3 is 0 Å². The maximum absolute atomic E-state index is 12.4. The van der Waals surface area contributed by atoms with E-state index >= 15 is 0 Å². The smallest absolute Gasteiger partial charge is 0.193 e. The first kappa shape index (κ1) is 15.1. The number of carbonyl (C=O) groups is 1. The van der Waals surface area contributed by atoms with E-state index in [4.69, 9.17) is 9.47 Å². The van der Waals surface area contributed by atoms with Crippen LogP contribution in [-0.2, 0) is 0 Å². The largest absolute Gasteiger partial charge is 0.497 e. The standard InChI is InChI=1S/C18H20O3/c1-18(2,3)21-16-11-7-14(8-12-16)17(19)13-5-9-15(20-4)10-6-13/h5-12H,1-4H3. The van der Waals surface area contributed by atoms with E-state index in [-0.39, 0.29) is 11.4 Å². The highest BCUT2D eigenvalue weighted by atomic mass is 16.5. The Morgan fingerprint density at radius 3 is 1.62 bits per heavy atom. The summed E-state index contributed by atoms with van der Waals surface area (Å²) in [5.74, 6) is 1.48. The molecule has 0 heterocycles. The molecule has 2 rings (SSSR count). The van der Waals surface area contributed by atoms with Gasteiger partial charge in [0.15, 0.2) is 5.78 Å². The van der Waals surface area contributed by atoms with Gasteiger partial charge in [-0.1, -0.05) is 0 Å². The number of benzene rings is 2. The van der Waals surface area contributed by atoms with Gasteiger partial charge in [0.25, 0.3) is 0 Å². The Balaban J connectivity index is 2.15. The lowest BCUT2D eigenvalue weighted by molar-refractivity contribution is 0.103. The Kier molecular flexibility index (Phi) is 4.32. The molecule has 0 spiro atoms. The van der Waals surface area contributed by atoms with Crippen molar-refractivity contribution in [3.05, 3.63) is 59.7 Å². The predicted octanol–water partition coefficient (Wildman–Crippen LogP) is 4.10. The van der Waals surface area contributed by atoms with Crippen LogP contribution in [0.25, 0.3) is 0 Å². The lowest BCUT2D eigenvalue weighted by atomic mass is 10.0. The molecule has 0 saturated carbocycles. The molecule has 0 aliphatic rings. The van der Waals surface area contributed by atoms with Gasteiger partial charge in [-0.25, -0.2) is 0 Å². The van der Waals surface area contributed by atoms with Crippen molar-refractivity contribution in [2.75, 3.05) is 7.11 Å². The Morgan fingerprint density at radius 2 is 1.24 bits per heavy atom. The average Bonchev–Trinajstić information content (AvgIpc) is 2.46. The molecule has 0 aliphatic carbocycles. The van der Waals surface area contributed by atoms with E-state index in [0.717, 1.165) is 11.5 Å². The fourth-order valence-corrected chi connectivity index (χ4v) is 1.94. The first-order valence-corrected chi connectivity index (χ1v) is 6.87. The summed E-state index contributed by atoms with van der Waals surface area (Å²) >= 11 is 0. The number of ether oxygens (including phenoxy) is 2. The van der Waals surface area contributed by atoms with E-state index in [0.29, 0.717) is 11.1 Å². The van der Waals surface area contributed by atoms with E-state index < -0.39 is 0 Å². The van der Waals surface area contributed by atoms with Crippen LogP contribution in [0.2, 0.25) is 0 Å². The third-order valence-corrected chi connectivity index (χ3v) is 2.89. The minimum absolute atomic E-state index is 0.0139. The van der Waals surface area contributed by atoms with Gasteiger partial charge < -0.3 is 9.47 Å². The molecule has 0 fully saturated rings. The first-order chi connectivity index (χ1) is 9.89. The fraction of sp³-hybridized carbons (Fsp3) is 0.278. The summed E-state index contributed by atoms with van der Waals surface area (Å²) in [6.45, 7) is 5.97. The summed E-state index contributed by atoms with van der Waals surface area (Å²) in [6, 6.07) is 14.3. The normalized spacial score (nSPS) is 11.0. The first-order valence-electron chi connectivity index (χ1n) is 6.87. The second-order valence-electron chi connectivity index (χ2n) is 5.80. The molecule has 110 valence electrons. The van der Waals surface area contributed by atoms with Crippen molar-refractivity contribution in [3.8, 4) is 11.5 Å². The molecule has 0 aliphatic heterocycles. The second kappa shape index (κ2) is 6.00. The van der Waals surface area contributed by atoms with E-state index in [1.807, 2.05) is 32.9 Å². The lowest BCUT2D eigenvalue weighted by Crippen LogP contribution is -2.22. The molecule has 0 unspecified atom stereocenters. The van der Waals surface area contributed by atoms with Crippen molar-refractivity contribution < 1.29 is 14.3 Å². The van der Waals surface area contributed by atoms with Crippen LogP contribution in [-0.4, -0.2) is 18.5 Å². The average molecular weight is 284 g/mol. The maximum Gasteiger partial charge on any atom is 0.193 e. The lowest BCUT2D eigenvalue weighted by Gasteiger charge is -2.21. The minimum Gasteiger partial charge on any atom is -0.497 e. The molecule has 0 radical (unpaired) electrons. The molecule has 0 aromatic heterocycles. The molecule has 3 nitrogen and oxygen atoms in total. The zero-order valence-corrected chi connectivity index (χ0v) is 12.8. The van der Waals surface area contributed by atoms with Crippen LogP contribution in [0.5, 0.6) is 11.5 Å². The minimum atomic E-state index is -0.249. The Bertz CT molecular complexity index is 604. The predicted molar refractivity (Wildman–Crippen MR) is 83.2 cm³/mol. The van der Waals surface area contributed by atoms with Gasteiger partial charge in [-0.3, -0.25) is 4.79 Å². The summed E-state index contributed by atoms with van der Waals surface area (Å²) in [6.07, 6.45) is 0. The highest BCUT2D eigenvalue weighted by molar-refractivity contribution is 6.09. The Morgan fingerprint density at radius 1 is 0.810 bits per heavy atom. The molecule has 3 heteroatoms. The Hall–Kier alpha value is -2.29. The summed E-state index contributed by atoms with van der Waals surface area (Å²) in [4.78, 5) is 12.4. The fourth-order valence-electron chi connectivity index (χ4n) is 1.94. The molecule has 2 aromatic carbocycles. The molecule has 2 aromatic rings. The molecule has 0 bridgehead atoms. The zero-order valence-electron chi connectivity index (χ0n) is 12.8. The third-order valence-electron chi connectivity index (χ3n) is 2.89. The number of ketones is 1. The number of methoxy groups -OCH3 is 1. The van der Waals surface area contributed by atoms with Crippen LogP contribution in [0.1, 0.15) is 36.7 Å². The van der Waals surface area contributed by atoms with Crippen LogP contribution in [0, 0.1) is 0 Å². The van der Waals surface area contributed by atoms with E-state index in [2.05, 4.69) is 0 Å². The van der Waals surface area contributed by atoms with Crippen LogP contribution < -0.4 is 9.47 Å². The summed E-state index contributed by atoms with van der Waals surface area (Å²) in [7, 11) is 1.60. The molecular formula is C18H20O3. The molecule has 0 saturated heterocycles. The summed E-state index contributed by atoms with van der Waals surface area (Å²) in [5.41, 5.74) is 1.03. The van der Waals surface area contributed by atoms with Crippen molar-refractivity contribution >= 4 is 5.78 Å². The quantitative estimate of drug-likeness (QED) is 0.793. The van der Waals surface area contributed by atoms with Gasteiger partial charge in [-0.05, 0) is 69.3 Å². The van der Waals surface area contributed by atoms with Crippen molar-refractivity contribution in [2.45, 2.75) is 26.4 Å². The number of rotatable bonds is 4. The van der Waals surface area contributed by atoms with E-state index in [1.165, 1.54) is 0 Å². The van der Waals surface area contributed by atoms with Gasteiger partial charge in [0.05, 0.1) is 7.11 Å². The van der Waals surface area contributed by atoms with Crippen molar-refractivity contribution in [1.29, 1.82) is 0 Å². The van der Waals surface area contributed by atoms with Crippen LogP contribution in [0.4, 0.5) is 0 Å². The molecule has 0 amide bonds. The number of carbonyl (C=O) groups excluding carboxylic acids is 1. The monoisotopic (exact) mass is 284 g/mol. The SMILES string of the molecule is COc1ccc(C(=O)c2ccc(OC(C)(C)C)cc2)cc1. The van der Waals surface area contributed by atoms with E-state index in [1.54, 1.807) is 43.5 Å². The van der Waals surface area contributed by atoms with Crippen LogP contribution in [0.15, 0.2) is 48.5 Å². The molecule has 21 heavy (non-hydrogen) atoms. The van der Waals surface area contributed by atoms with Crippen molar-refractivity contribution in [2.24, 2.45) is 0 Å². The maximum atomic E-state index is 12.4. The number of hydrogen-bond donors (Lipinski definition) is 0. The third kappa shape index (κ3) is 4.09. The van der Waals surface area contributed by atoms with Crippen molar-refractivity contribution in [1.82, 2.24) is 0 Å². The van der Waals surface area contributed by atoms with Gasteiger partial charge in [0, 0.05) is 11.1 Å². The highest BCUT2D eigenvalue weighted by Gasteiger charge is 2.13. The van der Waals surface area contributed by atoms with Gasteiger partial charge in [0.2, 0.25) is 0 Å². The Labute approximate surface area is 125 Å². The van der Waals surface area contributed by atoms with Crippen LogP contribution >= 0.6 is 0 Å². The van der Waals surface area contributed by atoms with Gasteiger partial charge in [-0.15, -0.1) is 0 Å². The van der Waals surface area contributed by atoms with Gasteiger partial charge in [0.1, 0.15) is 17.1 Å². The molecule has 0 atom stereocenters. The van der Waals surface area contributed by atoms with Crippen molar-refractivity contribution in [3.63, 3.8) is 0 Å². The molecular weight excluding hydrogens is 264 g/mol. The second-order valence-corrected chi connectivity index (χ2v) is 5.80. The molecule has 0 N–H and O–H groups in total. The van der Waals surface area contributed by atoms with Crippen LogP contribution in [0.3, 0.4) is 0 Å². The zero-order chi connectivity index (χ0) is 15.5. The van der Waals surface area contributed by atoms with Gasteiger partial charge in [-0.2, -0.15) is 0 Å². The highest BCUT2D eigenvalue weighted by Crippen LogP contribution is 2.20.